The van der Waals surface area contributed by atoms with E-state index in [1.165, 1.54) is 7.11 Å². The maximum absolute atomic E-state index is 11.0. The molecular weight excluding hydrogens is 242 g/mol. The molecule has 0 fully saturated rings. The van der Waals surface area contributed by atoms with Crippen molar-refractivity contribution in [2.75, 3.05) is 27.2 Å². The first-order valence-corrected chi connectivity index (χ1v) is 6.49. The van der Waals surface area contributed by atoms with Crippen molar-refractivity contribution in [3.63, 3.8) is 0 Å². The number of hydrogen-bond acceptors (Lipinski definition) is 4. The summed E-state index contributed by atoms with van der Waals surface area (Å²) >= 11 is 0. The number of aliphatic hydroxyl groups is 1. The second-order valence-electron chi connectivity index (χ2n) is 5.06. The van der Waals surface area contributed by atoms with Crippen LogP contribution in [0, 0.1) is 0 Å². The van der Waals surface area contributed by atoms with Crippen LogP contribution in [0.25, 0.3) is 0 Å². The number of nitrogens with zero attached hydrogens (tertiary/aromatic N) is 1. The molecule has 0 radical (unpaired) electrons. The highest BCUT2D eigenvalue weighted by molar-refractivity contribution is 5.69. The van der Waals surface area contributed by atoms with Crippen LogP contribution in [0.15, 0.2) is 30.3 Å². The molecule has 1 aromatic rings. The Bertz CT molecular complexity index is 390. The highest BCUT2D eigenvalue weighted by Crippen LogP contribution is 2.21. The van der Waals surface area contributed by atoms with Crippen LogP contribution in [0.2, 0.25) is 0 Å². The van der Waals surface area contributed by atoms with Crippen molar-refractivity contribution in [2.24, 2.45) is 0 Å². The summed E-state index contributed by atoms with van der Waals surface area (Å²) in [6.07, 6.45) is 1.14. The van der Waals surface area contributed by atoms with Gasteiger partial charge < -0.3 is 14.7 Å². The fourth-order valence-electron chi connectivity index (χ4n) is 2.09. The monoisotopic (exact) mass is 265 g/mol. The van der Waals surface area contributed by atoms with Crippen LogP contribution in [0.1, 0.15) is 25.3 Å². The molecule has 0 heterocycles. The zero-order chi connectivity index (χ0) is 14.3. The van der Waals surface area contributed by atoms with Crippen LogP contribution >= 0.6 is 0 Å². The molecule has 1 unspecified atom stereocenters. The van der Waals surface area contributed by atoms with Gasteiger partial charge in [0.1, 0.15) is 0 Å². The lowest BCUT2D eigenvalue weighted by Crippen LogP contribution is -2.37. The Hall–Kier alpha value is -1.39. The zero-order valence-corrected chi connectivity index (χ0v) is 11.9. The Labute approximate surface area is 115 Å². The number of likely N-dealkylation sites (N-methyl/N-ethyl adjacent to an activating group) is 1. The van der Waals surface area contributed by atoms with Crippen molar-refractivity contribution in [3.8, 4) is 0 Å². The number of benzene rings is 1. The van der Waals surface area contributed by atoms with Crippen LogP contribution in [-0.4, -0.2) is 43.2 Å². The van der Waals surface area contributed by atoms with E-state index in [1.54, 1.807) is 6.92 Å². The third-order valence-electron chi connectivity index (χ3n) is 3.12. The van der Waals surface area contributed by atoms with Crippen LogP contribution in [0.5, 0.6) is 0 Å². The van der Waals surface area contributed by atoms with Crippen LogP contribution in [-0.2, 0) is 15.1 Å². The maximum atomic E-state index is 11.0. The molecule has 0 spiro atoms. The summed E-state index contributed by atoms with van der Waals surface area (Å²) in [6, 6.07) is 9.60. The Morgan fingerprint density at radius 2 is 2.00 bits per heavy atom. The third kappa shape index (κ3) is 5.41. The van der Waals surface area contributed by atoms with Crippen molar-refractivity contribution >= 4 is 5.97 Å². The van der Waals surface area contributed by atoms with Crippen molar-refractivity contribution in [3.05, 3.63) is 35.9 Å². The molecule has 0 aliphatic heterocycles. The third-order valence-corrected chi connectivity index (χ3v) is 3.12. The average molecular weight is 265 g/mol. The Morgan fingerprint density at radius 3 is 2.58 bits per heavy atom. The Kier molecular flexibility index (Phi) is 5.99. The predicted octanol–water partition coefficient (Wildman–Crippen LogP) is 1.78. The molecule has 0 bridgehead atoms. The second kappa shape index (κ2) is 7.26. The zero-order valence-electron chi connectivity index (χ0n) is 11.9. The highest BCUT2D eigenvalue weighted by Gasteiger charge is 2.24. The van der Waals surface area contributed by atoms with Crippen molar-refractivity contribution in [1.82, 2.24) is 4.90 Å². The molecule has 0 aliphatic carbocycles. The summed E-state index contributed by atoms with van der Waals surface area (Å²) < 4.78 is 4.60. The number of esters is 1. The summed E-state index contributed by atoms with van der Waals surface area (Å²) in [5.41, 5.74) is 0.0104. The Morgan fingerprint density at radius 1 is 1.37 bits per heavy atom. The van der Waals surface area contributed by atoms with E-state index in [9.17, 15) is 9.90 Å². The topological polar surface area (TPSA) is 49.8 Å². The smallest absolute Gasteiger partial charge is 0.305 e. The van der Waals surface area contributed by atoms with E-state index in [-0.39, 0.29) is 5.97 Å². The minimum atomic E-state index is -0.888. The summed E-state index contributed by atoms with van der Waals surface area (Å²) in [5.74, 6) is -0.191. The lowest BCUT2D eigenvalue weighted by molar-refractivity contribution is -0.140. The molecule has 106 valence electrons. The molecule has 0 amide bonds. The van der Waals surface area contributed by atoms with E-state index < -0.39 is 5.60 Å². The van der Waals surface area contributed by atoms with Gasteiger partial charge >= 0.3 is 5.97 Å². The number of methoxy groups -OCH3 is 1. The maximum Gasteiger partial charge on any atom is 0.305 e. The van der Waals surface area contributed by atoms with Gasteiger partial charge in [0.25, 0.3) is 0 Å². The molecule has 1 aromatic carbocycles. The summed E-state index contributed by atoms with van der Waals surface area (Å²) in [7, 11) is 3.33. The van der Waals surface area contributed by atoms with Gasteiger partial charge in [-0.2, -0.15) is 0 Å². The minimum absolute atomic E-state index is 0.191. The lowest BCUT2D eigenvalue weighted by atomic mass is 9.95. The van der Waals surface area contributed by atoms with Crippen LogP contribution in [0.3, 0.4) is 0 Å². The largest absolute Gasteiger partial charge is 0.469 e. The Balaban J connectivity index is 2.43. The normalized spacial score (nSPS) is 14.2. The van der Waals surface area contributed by atoms with Crippen LogP contribution < -0.4 is 0 Å². The van der Waals surface area contributed by atoms with Gasteiger partial charge in [-0.05, 0) is 32.5 Å². The van der Waals surface area contributed by atoms with Crippen molar-refractivity contribution < 1.29 is 14.6 Å². The number of carbonyl (C=O) groups is 1. The summed E-state index contributed by atoms with van der Waals surface area (Å²) in [5, 5.41) is 10.5. The summed E-state index contributed by atoms with van der Waals surface area (Å²) in [6.45, 7) is 3.08. The fourth-order valence-corrected chi connectivity index (χ4v) is 2.09. The van der Waals surface area contributed by atoms with Gasteiger partial charge in [-0.1, -0.05) is 30.3 Å². The first kappa shape index (κ1) is 15.7. The van der Waals surface area contributed by atoms with E-state index in [0.717, 1.165) is 18.5 Å². The predicted molar refractivity (Wildman–Crippen MR) is 74.8 cm³/mol. The van der Waals surface area contributed by atoms with E-state index in [2.05, 4.69) is 4.74 Å². The van der Waals surface area contributed by atoms with E-state index in [4.69, 9.17) is 0 Å². The number of rotatable bonds is 7. The molecule has 0 saturated heterocycles. The quantitative estimate of drug-likeness (QED) is 0.764. The van der Waals surface area contributed by atoms with Gasteiger partial charge in [-0.3, -0.25) is 4.79 Å². The molecule has 4 nitrogen and oxygen atoms in total. The van der Waals surface area contributed by atoms with E-state index in [0.29, 0.717) is 13.0 Å². The van der Waals surface area contributed by atoms with Gasteiger partial charge in [-0.25, -0.2) is 0 Å². The number of ether oxygens (including phenoxy) is 1. The van der Waals surface area contributed by atoms with Gasteiger partial charge in [0.15, 0.2) is 0 Å². The molecule has 1 N–H and O–H groups in total. The first-order valence-electron chi connectivity index (χ1n) is 6.49. The first-order chi connectivity index (χ1) is 8.95. The molecule has 0 aliphatic rings. The molecular formula is C15H23NO3. The highest BCUT2D eigenvalue weighted by atomic mass is 16.5. The number of carbonyl (C=O) groups excluding carboxylic acids is 1. The number of hydrogen-bond donors (Lipinski definition) is 1. The molecule has 1 rings (SSSR count). The lowest BCUT2D eigenvalue weighted by Gasteiger charge is -2.29. The standard InChI is InChI=1S/C15H23NO3/c1-15(18,13-8-5-4-6-9-13)12-16(2)11-7-10-14(17)19-3/h4-6,8-9,18H,7,10-12H2,1-3H3. The molecule has 4 heteroatoms. The minimum Gasteiger partial charge on any atom is -0.469 e. The fraction of sp³-hybridized carbons (Fsp3) is 0.533. The average Bonchev–Trinajstić information content (AvgIpc) is 2.39. The molecule has 0 aromatic heterocycles. The van der Waals surface area contributed by atoms with Crippen molar-refractivity contribution in [1.29, 1.82) is 0 Å². The SMILES string of the molecule is COC(=O)CCCN(C)CC(C)(O)c1ccccc1. The van der Waals surface area contributed by atoms with Gasteiger partial charge in [0, 0.05) is 13.0 Å². The van der Waals surface area contributed by atoms with Crippen LogP contribution in [0.4, 0.5) is 0 Å². The van der Waals surface area contributed by atoms with Crippen molar-refractivity contribution in [2.45, 2.75) is 25.4 Å². The molecule has 1 atom stereocenters. The second-order valence-corrected chi connectivity index (χ2v) is 5.06. The van der Waals surface area contributed by atoms with Gasteiger partial charge in [0.2, 0.25) is 0 Å². The van der Waals surface area contributed by atoms with Gasteiger partial charge in [0.05, 0.1) is 12.7 Å². The van der Waals surface area contributed by atoms with E-state index in [1.807, 2.05) is 42.3 Å². The molecule has 19 heavy (non-hydrogen) atoms. The molecule has 0 saturated carbocycles. The summed E-state index contributed by atoms with van der Waals surface area (Å²) in [4.78, 5) is 13.0. The van der Waals surface area contributed by atoms with E-state index >= 15 is 0 Å². The van der Waals surface area contributed by atoms with Gasteiger partial charge in [-0.15, -0.1) is 0 Å².